The van der Waals surface area contributed by atoms with Gasteiger partial charge in [-0.1, -0.05) is 19.9 Å². The Kier molecular flexibility index (Phi) is 3.07. The first kappa shape index (κ1) is 14.9. The molecule has 0 radical (unpaired) electrons. The Balaban J connectivity index is 2.46. The Hall–Kier alpha value is -3.02. The number of benzene rings is 2. The first-order valence-electron chi connectivity index (χ1n) is 7.11. The average Bonchev–Trinajstić information content (AvgIpc) is 2.47. The molecule has 0 bridgehead atoms. The van der Waals surface area contributed by atoms with E-state index < -0.39 is 23.1 Å². The molecule has 0 saturated heterocycles. The van der Waals surface area contributed by atoms with Crippen LogP contribution in [0, 0.1) is 0 Å². The molecule has 0 heterocycles. The van der Waals surface area contributed by atoms with Crippen molar-refractivity contribution < 1.29 is 19.8 Å². The van der Waals surface area contributed by atoms with Crippen LogP contribution in [0.4, 0.5) is 11.4 Å². The number of carbonyl (C=O) groups excluding carboxylic acids is 2. The lowest BCUT2D eigenvalue weighted by atomic mass is 9.78. The maximum absolute atomic E-state index is 12.9. The van der Waals surface area contributed by atoms with Crippen molar-refractivity contribution in [3.63, 3.8) is 0 Å². The molecule has 0 atom stereocenters. The second kappa shape index (κ2) is 4.74. The highest BCUT2D eigenvalue weighted by Gasteiger charge is 2.38. The molecule has 0 fully saturated rings. The monoisotopic (exact) mass is 312 g/mol. The van der Waals surface area contributed by atoms with Gasteiger partial charge in [-0.15, -0.1) is 0 Å². The van der Waals surface area contributed by atoms with E-state index in [9.17, 15) is 19.8 Å². The van der Waals surface area contributed by atoms with E-state index in [1.807, 2.05) is 13.8 Å². The molecule has 0 aromatic heterocycles. The van der Waals surface area contributed by atoms with Crippen LogP contribution in [0.1, 0.15) is 57.2 Å². The lowest BCUT2D eigenvalue weighted by Gasteiger charge is -2.24. The number of hydrogen-bond acceptors (Lipinski definition) is 6. The van der Waals surface area contributed by atoms with Crippen LogP contribution < -0.4 is 11.5 Å². The summed E-state index contributed by atoms with van der Waals surface area (Å²) in [6.07, 6.45) is 0. The van der Waals surface area contributed by atoms with Crippen LogP contribution in [0.2, 0.25) is 0 Å². The third-order valence-electron chi connectivity index (χ3n) is 4.11. The quantitative estimate of drug-likeness (QED) is 0.310. The van der Waals surface area contributed by atoms with Crippen molar-refractivity contribution in [1.29, 1.82) is 0 Å². The summed E-state index contributed by atoms with van der Waals surface area (Å²) in [6.45, 7) is 3.77. The first-order valence-corrected chi connectivity index (χ1v) is 7.11. The molecule has 0 amide bonds. The molecule has 2 aromatic rings. The van der Waals surface area contributed by atoms with Gasteiger partial charge in [0.05, 0.1) is 22.4 Å². The summed E-state index contributed by atoms with van der Waals surface area (Å²) in [5.41, 5.74) is 11.8. The van der Waals surface area contributed by atoms with E-state index in [1.54, 1.807) is 12.1 Å². The molecule has 118 valence electrons. The highest BCUT2D eigenvalue weighted by molar-refractivity contribution is 6.32. The molecule has 6 N–H and O–H groups in total. The summed E-state index contributed by atoms with van der Waals surface area (Å²) in [5.74, 6) is -2.14. The van der Waals surface area contributed by atoms with E-state index in [0.29, 0.717) is 5.56 Å². The maximum Gasteiger partial charge on any atom is 0.200 e. The SMILES string of the molecule is CC(C)c1ccc(N)c2c1C(=O)c1c(O)c(N)cc(O)c1C2=O. The molecule has 3 rings (SSSR count). The fraction of sp³-hybridized carbons (Fsp3) is 0.176. The summed E-state index contributed by atoms with van der Waals surface area (Å²) >= 11 is 0. The van der Waals surface area contributed by atoms with Crippen molar-refractivity contribution >= 4 is 22.9 Å². The van der Waals surface area contributed by atoms with Gasteiger partial charge in [0, 0.05) is 17.3 Å². The molecular weight excluding hydrogens is 296 g/mol. The summed E-state index contributed by atoms with van der Waals surface area (Å²) in [7, 11) is 0. The van der Waals surface area contributed by atoms with Gasteiger partial charge < -0.3 is 21.7 Å². The number of fused-ring (bicyclic) bond motifs is 2. The van der Waals surface area contributed by atoms with Crippen molar-refractivity contribution in [3.8, 4) is 11.5 Å². The normalized spacial score (nSPS) is 13.2. The van der Waals surface area contributed by atoms with Crippen LogP contribution in [-0.2, 0) is 0 Å². The third kappa shape index (κ3) is 1.88. The standard InChI is InChI=1S/C17H16N2O4/c1-6(2)7-3-4-8(18)12-11(7)16(22)14-13(17(12)23)10(20)5-9(19)15(14)21/h3-6,20-21H,18-19H2,1-2H3. The molecule has 1 aliphatic carbocycles. The summed E-state index contributed by atoms with van der Waals surface area (Å²) in [4.78, 5) is 25.7. The summed E-state index contributed by atoms with van der Waals surface area (Å²) in [5, 5.41) is 20.2. The molecule has 6 nitrogen and oxygen atoms in total. The van der Waals surface area contributed by atoms with Gasteiger partial charge in [-0.3, -0.25) is 9.59 Å². The molecule has 1 aliphatic rings. The second-order valence-electron chi connectivity index (χ2n) is 5.89. The van der Waals surface area contributed by atoms with Crippen molar-refractivity contribution in [3.05, 3.63) is 46.0 Å². The zero-order valence-electron chi connectivity index (χ0n) is 12.7. The number of phenols is 2. The average molecular weight is 312 g/mol. The Bertz CT molecular complexity index is 885. The molecule has 2 aromatic carbocycles. The minimum absolute atomic E-state index is 0.0283. The van der Waals surface area contributed by atoms with Crippen LogP contribution in [0.3, 0.4) is 0 Å². The topological polar surface area (TPSA) is 127 Å². The van der Waals surface area contributed by atoms with E-state index in [0.717, 1.165) is 6.07 Å². The first-order chi connectivity index (χ1) is 10.8. The highest BCUT2D eigenvalue weighted by atomic mass is 16.3. The number of rotatable bonds is 1. The zero-order valence-corrected chi connectivity index (χ0v) is 12.7. The lowest BCUT2D eigenvalue weighted by Crippen LogP contribution is -2.25. The van der Waals surface area contributed by atoms with E-state index >= 15 is 0 Å². The number of carbonyl (C=O) groups is 2. The largest absolute Gasteiger partial charge is 0.507 e. The Morgan fingerprint density at radius 2 is 1.48 bits per heavy atom. The summed E-state index contributed by atoms with van der Waals surface area (Å²) in [6, 6.07) is 4.31. The fourth-order valence-corrected chi connectivity index (χ4v) is 2.98. The number of anilines is 2. The highest BCUT2D eigenvalue weighted by Crippen LogP contribution is 2.44. The molecule has 0 unspecified atom stereocenters. The van der Waals surface area contributed by atoms with Crippen molar-refractivity contribution in [1.82, 2.24) is 0 Å². The van der Waals surface area contributed by atoms with Crippen molar-refractivity contribution in [2.45, 2.75) is 19.8 Å². The van der Waals surface area contributed by atoms with Gasteiger partial charge in [-0.25, -0.2) is 0 Å². The molecule has 6 heteroatoms. The number of nitrogen functional groups attached to an aromatic ring is 2. The van der Waals surface area contributed by atoms with Gasteiger partial charge in [0.1, 0.15) is 5.75 Å². The van der Waals surface area contributed by atoms with E-state index in [2.05, 4.69) is 0 Å². The van der Waals surface area contributed by atoms with E-state index in [4.69, 9.17) is 11.5 Å². The van der Waals surface area contributed by atoms with Crippen LogP contribution >= 0.6 is 0 Å². The number of aromatic hydroxyl groups is 2. The Morgan fingerprint density at radius 1 is 0.870 bits per heavy atom. The Morgan fingerprint density at radius 3 is 2.09 bits per heavy atom. The Labute approximate surface area is 132 Å². The van der Waals surface area contributed by atoms with Gasteiger partial charge in [0.2, 0.25) is 0 Å². The number of nitrogens with two attached hydrogens (primary N) is 2. The van der Waals surface area contributed by atoms with Crippen LogP contribution in [0.25, 0.3) is 0 Å². The zero-order chi connectivity index (χ0) is 17.0. The van der Waals surface area contributed by atoms with E-state index in [1.165, 1.54) is 0 Å². The van der Waals surface area contributed by atoms with Gasteiger partial charge in [-0.2, -0.15) is 0 Å². The number of hydrogen-bond donors (Lipinski definition) is 4. The van der Waals surface area contributed by atoms with Crippen molar-refractivity contribution in [2.75, 3.05) is 11.5 Å². The second-order valence-corrected chi connectivity index (χ2v) is 5.89. The predicted molar refractivity (Wildman–Crippen MR) is 86.0 cm³/mol. The van der Waals surface area contributed by atoms with Crippen molar-refractivity contribution in [2.24, 2.45) is 0 Å². The summed E-state index contributed by atoms with van der Waals surface area (Å²) < 4.78 is 0. The molecule has 0 aliphatic heterocycles. The molecule has 0 spiro atoms. The van der Waals surface area contributed by atoms with Gasteiger partial charge in [0.25, 0.3) is 0 Å². The lowest BCUT2D eigenvalue weighted by molar-refractivity contribution is 0.0974. The number of ketones is 2. The smallest absolute Gasteiger partial charge is 0.200 e. The molecular formula is C17H16N2O4. The predicted octanol–water partition coefficient (Wildman–Crippen LogP) is 2.16. The maximum atomic E-state index is 12.9. The van der Waals surface area contributed by atoms with Crippen LogP contribution in [0.5, 0.6) is 11.5 Å². The number of phenolic OH excluding ortho intramolecular Hbond substituents is 2. The van der Waals surface area contributed by atoms with E-state index in [-0.39, 0.29) is 39.5 Å². The molecule has 23 heavy (non-hydrogen) atoms. The van der Waals surface area contributed by atoms with Gasteiger partial charge in [0.15, 0.2) is 17.3 Å². The van der Waals surface area contributed by atoms with Crippen LogP contribution in [0.15, 0.2) is 18.2 Å². The third-order valence-corrected chi connectivity index (χ3v) is 4.11. The minimum atomic E-state index is -0.595. The van der Waals surface area contributed by atoms with Crippen LogP contribution in [-0.4, -0.2) is 21.8 Å². The minimum Gasteiger partial charge on any atom is -0.507 e. The molecule has 0 saturated carbocycles. The van der Waals surface area contributed by atoms with Gasteiger partial charge >= 0.3 is 0 Å². The van der Waals surface area contributed by atoms with Gasteiger partial charge in [-0.05, 0) is 17.5 Å². The fourth-order valence-electron chi connectivity index (χ4n) is 2.98.